The lowest BCUT2D eigenvalue weighted by molar-refractivity contribution is -0.132. The van der Waals surface area contributed by atoms with Gasteiger partial charge in [0.25, 0.3) is 0 Å². The molecular weight excluding hydrogens is 212 g/mol. The Morgan fingerprint density at radius 2 is 1.88 bits per heavy atom. The van der Waals surface area contributed by atoms with Gasteiger partial charge in [0.15, 0.2) is 0 Å². The van der Waals surface area contributed by atoms with E-state index in [0.717, 1.165) is 12.8 Å². The van der Waals surface area contributed by atoms with Gasteiger partial charge in [-0.05, 0) is 26.2 Å². The van der Waals surface area contributed by atoms with Gasteiger partial charge in [0.05, 0.1) is 12.2 Å². The van der Waals surface area contributed by atoms with E-state index in [9.17, 15) is 4.79 Å². The van der Waals surface area contributed by atoms with E-state index in [1.165, 1.54) is 38.5 Å². The summed E-state index contributed by atoms with van der Waals surface area (Å²) in [6.45, 7) is 4.20. The predicted octanol–water partition coefficient (Wildman–Crippen LogP) is 2.66. The van der Waals surface area contributed by atoms with Gasteiger partial charge in [-0.2, -0.15) is 0 Å². The molecule has 1 aliphatic heterocycles. The zero-order valence-electron chi connectivity index (χ0n) is 11.2. The van der Waals surface area contributed by atoms with Gasteiger partial charge in [-0.15, -0.1) is 0 Å². The van der Waals surface area contributed by atoms with Crippen LogP contribution >= 0.6 is 0 Å². The maximum absolute atomic E-state index is 12.3. The highest BCUT2D eigenvalue weighted by molar-refractivity contribution is 5.84. The van der Waals surface area contributed by atoms with Crippen LogP contribution in [0.2, 0.25) is 0 Å². The molecule has 0 bridgehead atoms. The molecule has 1 N–H and O–H groups in total. The Balaban J connectivity index is 2.06. The van der Waals surface area contributed by atoms with Crippen molar-refractivity contribution in [2.45, 2.75) is 83.5 Å². The fourth-order valence-corrected chi connectivity index (χ4v) is 3.28. The third-order valence-corrected chi connectivity index (χ3v) is 4.18. The zero-order chi connectivity index (χ0) is 12.3. The van der Waals surface area contributed by atoms with Crippen molar-refractivity contribution in [3.63, 3.8) is 0 Å². The fraction of sp³-hybridized carbons (Fsp3) is 0.929. The summed E-state index contributed by atoms with van der Waals surface area (Å²) in [5.74, 6) is 0.329. The van der Waals surface area contributed by atoms with E-state index in [1.54, 1.807) is 0 Å². The molecular formula is C14H26N2O. The largest absolute Gasteiger partial charge is 0.323 e. The first-order valence-corrected chi connectivity index (χ1v) is 7.32. The average molecular weight is 238 g/mol. The van der Waals surface area contributed by atoms with Crippen molar-refractivity contribution < 1.29 is 4.79 Å². The highest BCUT2D eigenvalue weighted by Crippen LogP contribution is 2.27. The van der Waals surface area contributed by atoms with Crippen LogP contribution in [0.3, 0.4) is 0 Å². The number of carbonyl (C=O) groups is 1. The Morgan fingerprint density at radius 1 is 1.24 bits per heavy atom. The fourth-order valence-electron chi connectivity index (χ4n) is 3.28. The Bertz CT molecular complexity index is 259. The SMILES string of the molecule is CCCC1NC(C)C(=O)N1C1CCCCCC1. The monoisotopic (exact) mass is 238 g/mol. The normalized spacial score (nSPS) is 31.9. The van der Waals surface area contributed by atoms with Crippen molar-refractivity contribution in [3.8, 4) is 0 Å². The van der Waals surface area contributed by atoms with Gasteiger partial charge in [0.2, 0.25) is 5.91 Å². The number of carbonyl (C=O) groups excluding carboxylic acids is 1. The molecule has 2 rings (SSSR count). The minimum absolute atomic E-state index is 0.0230. The van der Waals surface area contributed by atoms with Crippen LogP contribution in [-0.4, -0.2) is 29.1 Å². The summed E-state index contributed by atoms with van der Waals surface area (Å²) in [6.07, 6.45) is 10.2. The van der Waals surface area contributed by atoms with Gasteiger partial charge in [0.1, 0.15) is 0 Å². The molecule has 1 aliphatic carbocycles. The molecule has 1 saturated carbocycles. The summed E-state index contributed by atoms with van der Waals surface area (Å²) in [5.41, 5.74) is 0. The van der Waals surface area contributed by atoms with E-state index in [1.807, 2.05) is 6.92 Å². The standard InChI is InChI=1S/C14H26N2O/c1-3-8-13-15-11(2)14(17)16(13)12-9-6-4-5-7-10-12/h11-13,15H,3-10H2,1-2H3. The molecule has 17 heavy (non-hydrogen) atoms. The minimum atomic E-state index is 0.0230. The molecule has 0 radical (unpaired) electrons. The zero-order valence-corrected chi connectivity index (χ0v) is 11.2. The van der Waals surface area contributed by atoms with Gasteiger partial charge in [-0.25, -0.2) is 0 Å². The molecule has 0 aromatic rings. The lowest BCUT2D eigenvalue weighted by atomic mass is 10.1. The van der Waals surface area contributed by atoms with Gasteiger partial charge >= 0.3 is 0 Å². The van der Waals surface area contributed by atoms with Crippen molar-refractivity contribution in [1.82, 2.24) is 10.2 Å². The second-order valence-corrected chi connectivity index (χ2v) is 5.58. The molecule has 0 aromatic heterocycles. The summed E-state index contributed by atoms with van der Waals surface area (Å²) in [5, 5.41) is 3.45. The number of hydrogen-bond acceptors (Lipinski definition) is 2. The van der Waals surface area contributed by atoms with Gasteiger partial charge in [-0.1, -0.05) is 39.0 Å². The number of hydrogen-bond donors (Lipinski definition) is 1. The van der Waals surface area contributed by atoms with E-state index in [-0.39, 0.29) is 6.04 Å². The van der Waals surface area contributed by atoms with Crippen molar-refractivity contribution in [2.24, 2.45) is 0 Å². The summed E-state index contributed by atoms with van der Waals surface area (Å²) in [6, 6.07) is 0.522. The number of amides is 1. The number of rotatable bonds is 3. The van der Waals surface area contributed by atoms with E-state index in [0.29, 0.717) is 18.1 Å². The minimum Gasteiger partial charge on any atom is -0.323 e. The maximum Gasteiger partial charge on any atom is 0.240 e. The highest BCUT2D eigenvalue weighted by atomic mass is 16.2. The summed E-state index contributed by atoms with van der Waals surface area (Å²) in [4.78, 5) is 14.4. The van der Waals surface area contributed by atoms with E-state index in [2.05, 4.69) is 17.1 Å². The topological polar surface area (TPSA) is 32.3 Å². The van der Waals surface area contributed by atoms with Crippen LogP contribution in [-0.2, 0) is 4.79 Å². The Labute approximate surface area is 105 Å². The van der Waals surface area contributed by atoms with Crippen molar-refractivity contribution in [3.05, 3.63) is 0 Å². The molecule has 2 atom stereocenters. The molecule has 3 heteroatoms. The molecule has 3 nitrogen and oxygen atoms in total. The summed E-state index contributed by atoms with van der Waals surface area (Å²) >= 11 is 0. The van der Waals surface area contributed by atoms with Crippen LogP contribution in [0.1, 0.15) is 65.2 Å². The smallest absolute Gasteiger partial charge is 0.240 e. The first-order valence-electron chi connectivity index (χ1n) is 7.32. The Hall–Kier alpha value is -0.570. The van der Waals surface area contributed by atoms with Crippen molar-refractivity contribution in [1.29, 1.82) is 0 Å². The summed E-state index contributed by atoms with van der Waals surface area (Å²) < 4.78 is 0. The molecule has 1 heterocycles. The van der Waals surface area contributed by atoms with Gasteiger partial charge in [0, 0.05) is 6.04 Å². The number of nitrogens with zero attached hydrogens (tertiary/aromatic N) is 1. The first-order chi connectivity index (χ1) is 8.24. The van der Waals surface area contributed by atoms with Gasteiger partial charge in [-0.3, -0.25) is 10.1 Å². The molecule has 2 unspecified atom stereocenters. The Kier molecular flexibility index (Phi) is 4.43. The third kappa shape index (κ3) is 2.82. The molecule has 0 spiro atoms. The van der Waals surface area contributed by atoms with Crippen LogP contribution in [0.4, 0.5) is 0 Å². The Morgan fingerprint density at radius 3 is 2.47 bits per heavy atom. The van der Waals surface area contributed by atoms with Gasteiger partial charge < -0.3 is 4.90 Å². The lowest BCUT2D eigenvalue weighted by Crippen LogP contribution is -2.44. The molecule has 2 fully saturated rings. The predicted molar refractivity (Wildman–Crippen MR) is 69.6 cm³/mol. The highest BCUT2D eigenvalue weighted by Gasteiger charge is 2.39. The second-order valence-electron chi connectivity index (χ2n) is 5.58. The second kappa shape index (κ2) is 5.85. The average Bonchev–Trinajstić information content (AvgIpc) is 2.53. The van der Waals surface area contributed by atoms with Crippen molar-refractivity contribution >= 4 is 5.91 Å². The maximum atomic E-state index is 12.3. The quantitative estimate of drug-likeness (QED) is 0.767. The van der Waals surface area contributed by atoms with E-state index in [4.69, 9.17) is 0 Å². The molecule has 0 aromatic carbocycles. The molecule has 98 valence electrons. The molecule has 2 aliphatic rings. The third-order valence-electron chi connectivity index (χ3n) is 4.18. The molecule has 1 saturated heterocycles. The van der Waals surface area contributed by atoms with E-state index >= 15 is 0 Å². The lowest BCUT2D eigenvalue weighted by Gasteiger charge is -2.32. The molecule has 1 amide bonds. The van der Waals surface area contributed by atoms with E-state index < -0.39 is 0 Å². The van der Waals surface area contributed by atoms with Crippen LogP contribution in [0.5, 0.6) is 0 Å². The van der Waals surface area contributed by atoms with Crippen LogP contribution in [0.25, 0.3) is 0 Å². The summed E-state index contributed by atoms with van der Waals surface area (Å²) in [7, 11) is 0. The first kappa shape index (κ1) is 12.9. The van der Waals surface area contributed by atoms with Crippen LogP contribution in [0.15, 0.2) is 0 Å². The number of nitrogens with one attached hydrogen (secondary N) is 1. The van der Waals surface area contributed by atoms with Crippen LogP contribution < -0.4 is 5.32 Å². The van der Waals surface area contributed by atoms with Crippen LogP contribution in [0, 0.1) is 0 Å². The van der Waals surface area contributed by atoms with Crippen molar-refractivity contribution in [2.75, 3.05) is 0 Å².